The van der Waals surface area contributed by atoms with E-state index in [1.807, 2.05) is 26.0 Å². The fourth-order valence-electron chi connectivity index (χ4n) is 2.07. The second kappa shape index (κ2) is 7.42. The van der Waals surface area contributed by atoms with Gasteiger partial charge in [-0.05, 0) is 56.2 Å². The van der Waals surface area contributed by atoms with Crippen molar-refractivity contribution in [2.45, 2.75) is 26.9 Å². The molecule has 0 saturated carbocycles. The van der Waals surface area contributed by atoms with Crippen LogP contribution < -0.4 is 5.32 Å². The maximum absolute atomic E-state index is 12.2. The summed E-state index contributed by atoms with van der Waals surface area (Å²) in [6.07, 6.45) is -0.981. The summed E-state index contributed by atoms with van der Waals surface area (Å²) in [6, 6.07) is 13.9. The van der Waals surface area contributed by atoms with Crippen molar-refractivity contribution in [1.82, 2.24) is 0 Å². The Hall–Kier alpha value is -3.13. The average molecular weight is 322 g/mol. The molecule has 0 spiro atoms. The molecule has 2 aromatic rings. The molecular formula is C19H18N2O3. The number of benzene rings is 2. The fraction of sp³-hybridized carbons (Fsp3) is 0.211. The molecule has 122 valence electrons. The molecule has 1 atom stereocenters. The number of nitriles is 1. The van der Waals surface area contributed by atoms with Gasteiger partial charge in [0.15, 0.2) is 6.10 Å². The molecule has 5 heteroatoms. The van der Waals surface area contributed by atoms with Crippen LogP contribution in [0.25, 0.3) is 0 Å². The number of amides is 1. The number of aryl methyl sites for hydroxylation is 2. The zero-order valence-corrected chi connectivity index (χ0v) is 13.8. The summed E-state index contributed by atoms with van der Waals surface area (Å²) in [6.45, 7) is 5.34. The number of hydrogen-bond donors (Lipinski definition) is 1. The molecular weight excluding hydrogens is 304 g/mol. The van der Waals surface area contributed by atoms with Crippen molar-refractivity contribution in [1.29, 1.82) is 5.26 Å². The SMILES string of the molecule is Cc1ccc(C(=O)O[C@@H](C)C(=O)Nc2ccccc2C#N)cc1C. The summed E-state index contributed by atoms with van der Waals surface area (Å²) in [4.78, 5) is 24.3. The molecule has 2 aromatic carbocycles. The monoisotopic (exact) mass is 322 g/mol. The highest BCUT2D eigenvalue weighted by molar-refractivity contribution is 5.98. The van der Waals surface area contributed by atoms with E-state index in [2.05, 4.69) is 5.32 Å². The largest absolute Gasteiger partial charge is 0.449 e. The molecule has 5 nitrogen and oxygen atoms in total. The van der Waals surface area contributed by atoms with E-state index >= 15 is 0 Å². The van der Waals surface area contributed by atoms with Gasteiger partial charge in [0.2, 0.25) is 0 Å². The quantitative estimate of drug-likeness (QED) is 0.875. The number of nitrogens with one attached hydrogen (secondary N) is 1. The highest BCUT2D eigenvalue weighted by Crippen LogP contribution is 2.15. The van der Waals surface area contributed by atoms with Gasteiger partial charge in [-0.25, -0.2) is 4.79 Å². The van der Waals surface area contributed by atoms with Gasteiger partial charge in [0.1, 0.15) is 6.07 Å². The summed E-state index contributed by atoms with van der Waals surface area (Å²) in [5.41, 5.74) is 3.18. The Balaban J connectivity index is 2.04. The van der Waals surface area contributed by atoms with Gasteiger partial charge in [-0.1, -0.05) is 18.2 Å². The van der Waals surface area contributed by atoms with Crippen LogP contribution in [0.15, 0.2) is 42.5 Å². The summed E-state index contributed by atoms with van der Waals surface area (Å²) in [5, 5.41) is 11.6. The van der Waals surface area contributed by atoms with Crippen molar-refractivity contribution in [3.8, 4) is 6.07 Å². The summed E-state index contributed by atoms with van der Waals surface area (Å²) in [7, 11) is 0. The van der Waals surface area contributed by atoms with Crippen LogP contribution in [0.5, 0.6) is 0 Å². The Labute approximate surface area is 140 Å². The lowest BCUT2D eigenvalue weighted by molar-refractivity contribution is -0.123. The number of ether oxygens (including phenoxy) is 1. The second-order valence-corrected chi connectivity index (χ2v) is 5.49. The van der Waals surface area contributed by atoms with Crippen molar-refractivity contribution >= 4 is 17.6 Å². The Kier molecular flexibility index (Phi) is 5.33. The lowest BCUT2D eigenvalue weighted by Crippen LogP contribution is -2.30. The zero-order chi connectivity index (χ0) is 17.7. The third kappa shape index (κ3) is 3.99. The van der Waals surface area contributed by atoms with E-state index < -0.39 is 18.0 Å². The Morgan fingerprint density at radius 1 is 1.12 bits per heavy atom. The van der Waals surface area contributed by atoms with Crippen molar-refractivity contribution in [2.75, 3.05) is 5.32 Å². The minimum atomic E-state index is -0.981. The van der Waals surface area contributed by atoms with Gasteiger partial charge in [0.25, 0.3) is 5.91 Å². The normalized spacial score (nSPS) is 11.2. The third-order valence-electron chi connectivity index (χ3n) is 3.70. The highest BCUT2D eigenvalue weighted by Gasteiger charge is 2.20. The minimum Gasteiger partial charge on any atom is -0.449 e. The van der Waals surface area contributed by atoms with E-state index in [1.54, 1.807) is 36.4 Å². The first-order valence-electron chi connectivity index (χ1n) is 7.50. The van der Waals surface area contributed by atoms with Gasteiger partial charge in [-0.3, -0.25) is 4.79 Å². The molecule has 0 aromatic heterocycles. The van der Waals surface area contributed by atoms with Crippen LogP contribution in [-0.2, 0) is 9.53 Å². The van der Waals surface area contributed by atoms with Gasteiger partial charge < -0.3 is 10.1 Å². The predicted molar refractivity (Wildman–Crippen MR) is 90.6 cm³/mol. The molecule has 0 radical (unpaired) electrons. The van der Waals surface area contributed by atoms with E-state index in [-0.39, 0.29) is 0 Å². The molecule has 0 aliphatic carbocycles. The number of hydrogen-bond acceptors (Lipinski definition) is 4. The van der Waals surface area contributed by atoms with Gasteiger partial charge in [0, 0.05) is 0 Å². The molecule has 0 aliphatic rings. The van der Waals surface area contributed by atoms with Crippen molar-refractivity contribution in [3.63, 3.8) is 0 Å². The van der Waals surface area contributed by atoms with E-state index in [0.717, 1.165) is 11.1 Å². The number of para-hydroxylation sites is 1. The van der Waals surface area contributed by atoms with Crippen LogP contribution in [0.2, 0.25) is 0 Å². The smallest absolute Gasteiger partial charge is 0.338 e. The van der Waals surface area contributed by atoms with Crippen LogP contribution in [0.4, 0.5) is 5.69 Å². The van der Waals surface area contributed by atoms with Crippen LogP contribution in [-0.4, -0.2) is 18.0 Å². The number of carbonyl (C=O) groups is 2. The molecule has 0 unspecified atom stereocenters. The highest BCUT2D eigenvalue weighted by atomic mass is 16.5. The molecule has 0 bridgehead atoms. The second-order valence-electron chi connectivity index (χ2n) is 5.49. The third-order valence-corrected chi connectivity index (χ3v) is 3.70. The van der Waals surface area contributed by atoms with E-state index in [1.165, 1.54) is 6.92 Å². The predicted octanol–water partition coefficient (Wildman–Crippen LogP) is 3.36. The summed E-state index contributed by atoms with van der Waals surface area (Å²) < 4.78 is 5.20. The first-order chi connectivity index (χ1) is 11.4. The van der Waals surface area contributed by atoms with Gasteiger partial charge in [0.05, 0.1) is 16.8 Å². The zero-order valence-electron chi connectivity index (χ0n) is 13.8. The van der Waals surface area contributed by atoms with E-state index in [0.29, 0.717) is 16.8 Å². The molecule has 2 rings (SSSR count). The number of rotatable bonds is 4. The molecule has 1 N–H and O–H groups in total. The fourth-order valence-corrected chi connectivity index (χ4v) is 2.07. The van der Waals surface area contributed by atoms with Crippen LogP contribution in [0.1, 0.15) is 34.0 Å². The molecule has 0 heterocycles. The Bertz CT molecular complexity index is 822. The number of esters is 1. The summed E-state index contributed by atoms with van der Waals surface area (Å²) in [5.74, 6) is -1.05. The number of anilines is 1. The lowest BCUT2D eigenvalue weighted by Gasteiger charge is -2.14. The maximum atomic E-state index is 12.2. The van der Waals surface area contributed by atoms with Gasteiger partial charge in [-0.15, -0.1) is 0 Å². The topological polar surface area (TPSA) is 79.2 Å². The standard InChI is InChI=1S/C19H18N2O3/c1-12-8-9-15(10-13(12)2)19(23)24-14(3)18(22)21-17-7-5-4-6-16(17)11-20/h4-10,14H,1-3H3,(H,21,22)/t14-/m0/s1. The molecule has 0 aliphatic heterocycles. The molecule has 1 amide bonds. The van der Waals surface area contributed by atoms with Crippen LogP contribution in [0, 0.1) is 25.2 Å². The van der Waals surface area contributed by atoms with Gasteiger partial charge >= 0.3 is 5.97 Å². The van der Waals surface area contributed by atoms with E-state index in [9.17, 15) is 9.59 Å². The van der Waals surface area contributed by atoms with E-state index in [4.69, 9.17) is 10.00 Å². The molecule has 0 fully saturated rings. The van der Waals surface area contributed by atoms with Crippen LogP contribution >= 0.6 is 0 Å². The lowest BCUT2D eigenvalue weighted by atomic mass is 10.1. The number of nitrogens with zero attached hydrogens (tertiary/aromatic N) is 1. The average Bonchev–Trinajstić information content (AvgIpc) is 2.57. The molecule has 24 heavy (non-hydrogen) atoms. The Morgan fingerprint density at radius 2 is 1.83 bits per heavy atom. The van der Waals surface area contributed by atoms with Gasteiger partial charge in [-0.2, -0.15) is 5.26 Å². The van der Waals surface area contributed by atoms with Crippen LogP contribution in [0.3, 0.4) is 0 Å². The minimum absolute atomic E-state index is 0.346. The summed E-state index contributed by atoms with van der Waals surface area (Å²) >= 11 is 0. The van der Waals surface area contributed by atoms with Crippen molar-refractivity contribution < 1.29 is 14.3 Å². The maximum Gasteiger partial charge on any atom is 0.338 e. The van der Waals surface area contributed by atoms with Crippen molar-refractivity contribution in [3.05, 3.63) is 64.7 Å². The number of carbonyl (C=O) groups excluding carboxylic acids is 2. The first kappa shape index (κ1) is 17.2. The molecule has 0 saturated heterocycles. The first-order valence-corrected chi connectivity index (χ1v) is 7.50. The van der Waals surface area contributed by atoms with Crippen molar-refractivity contribution in [2.24, 2.45) is 0 Å². The Morgan fingerprint density at radius 3 is 2.50 bits per heavy atom.